The van der Waals surface area contributed by atoms with Crippen molar-refractivity contribution in [3.05, 3.63) is 95.1 Å². The van der Waals surface area contributed by atoms with Gasteiger partial charge in [0.25, 0.3) is 0 Å². The summed E-state index contributed by atoms with van der Waals surface area (Å²) in [6, 6.07) is 22.0. The van der Waals surface area contributed by atoms with Crippen LogP contribution in [0.2, 0.25) is 0 Å². The summed E-state index contributed by atoms with van der Waals surface area (Å²) in [6.07, 6.45) is -2.44. The number of rotatable bonds is 1. The molecule has 1 aliphatic heterocycles. The molecule has 0 radical (unpaired) electrons. The fourth-order valence-corrected chi connectivity index (χ4v) is 5.62. The molecule has 0 bridgehead atoms. The highest BCUT2D eigenvalue weighted by Gasteiger charge is 2.36. The Bertz CT molecular complexity index is 1090. The summed E-state index contributed by atoms with van der Waals surface area (Å²) in [7, 11) is 0. The topological polar surface area (TPSA) is 12.4 Å². The molecule has 29 heavy (non-hydrogen) atoms. The molecular weight excluding hydrogens is 391 g/mol. The number of aliphatic imine (C=N–C) groups is 1. The van der Waals surface area contributed by atoms with E-state index in [1.807, 2.05) is 36.4 Å². The number of fused-ring (bicyclic) bond motifs is 4. The van der Waals surface area contributed by atoms with Crippen molar-refractivity contribution in [3.63, 3.8) is 0 Å². The minimum Gasteiger partial charge on any atom is -0.251 e. The lowest BCUT2D eigenvalue weighted by atomic mass is 9.78. The van der Waals surface area contributed by atoms with Gasteiger partial charge in [-0.1, -0.05) is 48.5 Å². The molecule has 3 aromatic rings. The van der Waals surface area contributed by atoms with E-state index in [0.717, 1.165) is 40.3 Å². The average Bonchev–Trinajstić information content (AvgIpc) is 2.90. The van der Waals surface area contributed by atoms with Crippen LogP contribution in [-0.4, -0.2) is 5.71 Å². The zero-order valence-corrected chi connectivity index (χ0v) is 16.3. The van der Waals surface area contributed by atoms with Crippen LogP contribution in [0.5, 0.6) is 0 Å². The maximum Gasteiger partial charge on any atom is 0.416 e. The lowest BCUT2D eigenvalue weighted by Crippen LogP contribution is -2.27. The molecule has 1 heterocycles. The van der Waals surface area contributed by atoms with E-state index in [4.69, 9.17) is 4.99 Å². The molecule has 0 N–H and O–H groups in total. The summed E-state index contributed by atoms with van der Waals surface area (Å²) < 4.78 is 39.1. The SMILES string of the molecule is FC(F)(F)c1ccc([C@H]2Sc3ccccc3N=C3c4ccccc4CC[C@H]32)cc1. The van der Waals surface area contributed by atoms with Crippen LogP contribution in [0.25, 0.3) is 0 Å². The number of benzene rings is 3. The molecule has 5 rings (SSSR count). The molecular formula is C24H18F3NS. The first kappa shape index (κ1) is 18.5. The smallest absolute Gasteiger partial charge is 0.251 e. The van der Waals surface area contributed by atoms with Gasteiger partial charge in [-0.15, -0.1) is 11.8 Å². The fourth-order valence-electron chi connectivity index (χ4n) is 4.23. The van der Waals surface area contributed by atoms with Crippen molar-refractivity contribution in [2.24, 2.45) is 10.9 Å². The number of alkyl halides is 3. The number of para-hydroxylation sites is 1. The van der Waals surface area contributed by atoms with E-state index in [2.05, 4.69) is 12.1 Å². The van der Waals surface area contributed by atoms with Gasteiger partial charge in [0.05, 0.1) is 17.0 Å². The molecule has 0 amide bonds. The highest BCUT2D eigenvalue weighted by molar-refractivity contribution is 7.99. The summed E-state index contributed by atoms with van der Waals surface area (Å²) in [5, 5.41) is 0.0213. The van der Waals surface area contributed by atoms with Gasteiger partial charge in [-0.05, 0) is 53.8 Å². The molecule has 1 nitrogen and oxygen atoms in total. The van der Waals surface area contributed by atoms with E-state index in [-0.39, 0.29) is 11.2 Å². The summed E-state index contributed by atoms with van der Waals surface area (Å²) >= 11 is 1.71. The van der Waals surface area contributed by atoms with Crippen LogP contribution in [0.4, 0.5) is 18.9 Å². The second-order valence-electron chi connectivity index (χ2n) is 7.43. The minimum absolute atomic E-state index is 0.0213. The number of halogens is 3. The van der Waals surface area contributed by atoms with Crippen LogP contribution in [0, 0.1) is 5.92 Å². The van der Waals surface area contributed by atoms with Crippen molar-refractivity contribution in [2.45, 2.75) is 29.2 Å². The zero-order valence-electron chi connectivity index (χ0n) is 15.5. The van der Waals surface area contributed by atoms with Crippen LogP contribution < -0.4 is 0 Å². The molecule has 0 fully saturated rings. The van der Waals surface area contributed by atoms with Crippen molar-refractivity contribution in [1.29, 1.82) is 0 Å². The number of nitrogens with zero attached hydrogens (tertiary/aromatic N) is 1. The maximum absolute atomic E-state index is 13.0. The van der Waals surface area contributed by atoms with Gasteiger partial charge in [-0.2, -0.15) is 13.2 Å². The summed E-state index contributed by atoms with van der Waals surface area (Å²) in [6.45, 7) is 0. The van der Waals surface area contributed by atoms with Gasteiger partial charge in [0.1, 0.15) is 0 Å². The lowest BCUT2D eigenvalue weighted by molar-refractivity contribution is -0.137. The van der Waals surface area contributed by atoms with E-state index in [1.165, 1.54) is 17.7 Å². The van der Waals surface area contributed by atoms with E-state index >= 15 is 0 Å². The fraction of sp³-hybridized carbons (Fsp3) is 0.208. The predicted octanol–water partition coefficient (Wildman–Crippen LogP) is 7.24. The van der Waals surface area contributed by atoms with Crippen LogP contribution in [0.3, 0.4) is 0 Å². The molecule has 1 aliphatic carbocycles. The Balaban J connectivity index is 1.63. The summed E-state index contributed by atoms with van der Waals surface area (Å²) in [5.74, 6) is 0.152. The van der Waals surface area contributed by atoms with Gasteiger partial charge in [0, 0.05) is 16.1 Å². The normalized spacial score (nSPS) is 20.7. The first-order valence-electron chi connectivity index (χ1n) is 9.60. The molecule has 0 unspecified atom stereocenters. The quantitative estimate of drug-likeness (QED) is 0.413. The Hall–Kier alpha value is -2.53. The molecule has 0 saturated carbocycles. The molecule has 3 aromatic carbocycles. The van der Waals surface area contributed by atoms with Gasteiger partial charge in [0.2, 0.25) is 0 Å². The second kappa shape index (κ2) is 7.06. The molecule has 2 atom stereocenters. The van der Waals surface area contributed by atoms with Crippen LogP contribution in [-0.2, 0) is 12.6 Å². The second-order valence-corrected chi connectivity index (χ2v) is 8.61. The van der Waals surface area contributed by atoms with E-state index in [1.54, 1.807) is 23.9 Å². The Morgan fingerprint density at radius 3 is 2.38 bits per heavy atom. The maximum atomic E-state index is 13.0. The Kier molecular flexibility index (Phi) is 4.50. The van der Waals surface area contributed by atoms with Gasteiger partial charge >= 0.3 is 6.18 Å². The number of hydrogen-bond acceptors (Lipinski definition) is 2. The Labute approximate surface area is 171 Å². The monoisotopic (exact) mass is 409 g/mol. The minimum atomic E-state index is -4.32. The largest absolute Gasteiger partial charge is 0.416 e. The number of thioether (sulfide) groups is 1. The van der Waals surface area contributed by atoms with E-state index in [9.17, 15) is 13.2 Å². The van der Waals surface area contributed by atoms with Crippen molar-refractivity contribution in [3.8, 4) is 0 Å². The van der Waals surface area contributed by atoms with Crippen molar-refractivity contribution in [2.75, 3.05) is 0 Å². The summed E-state index contributed by atoms with van der Waals surface area (Å²) in [5.41, 5.74) is 4.74. The highest BCUT2D eigenvalue weighted by atomic mass is 32.2. The van der Waals surface area contributed by atoms with Gasteiger partial charge < -0.3 is 0 Å². The Morgan fingerprint density at radius 2 is 1.59 bits per heavy atom. The van der Waals surface area contributed by atoms with E-state index < -0.39 is 11.7 Å². The van der Waals surface area contributed by atoms with Gasteiger partial charge in [-0.25, -0.2) is 0 Å². The third kappa shape index (κ3) is 3.38. The van der Waals surface area contributed by atoms with Crippen LogP contribution in [0.1, 0.15) is 33.9 Å². The molecule has 0 spiro atoms. The number of aryl methyl sites for hydroxylation is 1. The van der Waals surface area contributed by atoms with Crippen LogP contribution >= 0.6 is 11.8 Å². The first-order chi connectivity index (χ1) is 14.0. The molecule has 0 saturated heterocycles. The van der Waals surface area contributed by atoms with Crippen molar-refractivity contribution < 1.29 is 13.2 Å². The number of hydrogen-bond donors (Lipinski definition) is 0. The molecule has 2 aliphatic rings. The zero-order chi connectivity index (χ0) is 20.0. The van der Waals surface area contributed by atoms with Crippen molar-refractivity contribution in [1.82, 2.24) is 0 Å². The van der Waals surface area contributed by atoms with Crippen molar-refractivity contribution >= 4 is 23.2 Å². The molecule has 0 aromatic heterocycles. The Morgan fingerprint density at radius 1 is 0.862 bits per heavy atom. The third-order valence-corrected chi connectivity index (χ3v) is 7.12. The third-order valence-electron chi connectivity index (χ3n) is 5.66. The average molecular weight is 409 g/mol. The molecule has 146 valence electrons. The standard InChI is InChI=1S/C24H18F3NS/c25-24(26,27)17-12-9-16(10-13-17)23-19-14-11-15-5-1-2-6-18(15)22(19)28-20-7-3-4-8-21(20)29-23/h1-10,12-13,19,23H,11,14H2/t19-,23-/m1/s1. The van der Waals surface area contributed by atoms with E-state index in [0.29, 0.717) is 0 Å². The van der Waals surface area contributed by atoms with Gasteiger partial charge in [0.15, 0.2) is 0 Å². The van der Waals surface area contributed by atoms with Crippen LogP contribution in [0.15, 0.2) is 82.7 Å². The molecule has 5 heteroatoms. The highest BCUT2D eigenvalue weighted by Crippen LogP contribution is 2.51. The summed E-state index contributed by atoms with van der Waals surface area (Å²) in [4.78, 5) is 6.12. The predicted molar refractivity (Wildman–Crippen MR) is 111 cm³/mol. The van der Waals surface area contributed by atoms with Gasteiger partial charge in [-0.3, -0.25) is 4.99 Å². The first-order valence-corrected chi connectivity index (χ1v) is 10.5. The lowest BCUT2D eigenvalue weighted by Gasteiger charge is -2.31.